The van der Waals surface area contributed by atoms with Gasteiger partial charge < -0.3 is 0 Å². The van der Waals surface area contributed by atoms with Crippen LogP contribution in [-0.2, 0) is 11.2 Å². The first-order chi connectivity index (χ1) is 11.1. The first kappa shape index (κ1) is 14.9. The summed E-state index contributed by atoms with van der Waals surface area (Å²) in [4.78, 5) is 28.5. The smallest absolute Gasteiger partial charge is 0.274 e. The largest absolute Gasteiger partial charge is 0.295 e. The Kier molecular flexibility index (Phi) is 3.88. The lowest BCUT2D eigenvalue weighted by molar-refractivity contribution is -0.115. The molecule has 0 aliphatic carbocycles. The van der Waals surface area contributed by atoms with Gasteiger partial charge in [-0.25, -0.2) is 9.78 Å². The Morgan fingerprint density at radius 3 is 2.70 bits per heavy atom. The van der Waals surface area contributed by atoms with Crippen molar-refractivity contribution in [2.24, 2.45) is 0 Å². The lowest BCUT2D eigenvalue weighted by Crippen LogP contribution is -2.27. The molecule has 8 heteroatoms. The van der Waals surface area contributed by atoms with Crippen LogP contribution in [0.4, 0.5) is 5.95 Å². The third-order valence-corrected chi connectivity index (χ3v) is 3.39. The Bertz CT molecular complexity index is 898. The first-order valence-corrected chi connectivity index (χ1v) is 7.22. The lowest BCUT2D eigenvalue weighted by Gasteiger charge is -2.13. The van der Waals surface area contributed by atoms with E-state index in [1.165, 1.54) is 11.0 Å². The summed E-state index contributed by atoms with van der Waals surface area (Å²) in [6.45, 7) is 3.75. The summed E-state index contributed by atoms with van der Waals surface area (Å²) in [5, 5.41) is 14.4. The van der Waals surface area contributed by atoms with Crippen molar-refractivity contribution in [3.63, 3.8) is 0 Å². The fourth-order valence-corrected chi connectivity index (χ4v) is 2.35. The van der Waals surface area contributed by atoms with Gasteiger partial charge in [0.15, 0.2) is 0 Å². The summed E-state index contributed by atoms with van der Waals surface area (Å²) in [5.74, 6) is -0.00940. The summed E-state index contributed by atoms with van der Waals surface area (Å²) < 4.78 is 1.40. The second-order valence-corrected chi connectivity index (χ2v) is 5.39. The molecular formula is C15H16N6O2. The molecule has 1 amide bonds. The highest BCUT2D eigenvalue weighted by atomic mass is 16.2. The molecule has 3 aromatic rings. The van der Waals surface area contributed by atoms with E-state index in [9.17, 15) is 9.59 Å². The second-order valence-electron chi connectivity index (χ2n) is 5.39. The molecule has 0 aliphatic heterocycles. The Hall–Kier alpha value is -3.03. The first-order valence-electron chi connectivity index (χ1n) is 7.22. The number of aromatic amines is 1. The van der Waals surface area contributed by atoms with Crippen molar-refractivity contribution in [2.75, 3.05) is 5.32 Å². The van der Waals surface area contributed by atoms with E-state index < -0.39 is 0 Å². The average molecular weight is 312 g/mol. The van der Waals surface area contributed by atoms with E-state index in [-0.39, 0.29) is 29.9 Å². The minimum atomic E-state index is -0.284. The highest BCUT2D eigenvalue weighted by molar-refractivity contribution is 5.94. The van der Waals surface area contributed by atoms with Gasteiger partial charge in [-0.2, -0.15) is 15.2 Å². The third-order valence-electron chi connectivity index (χ3n) is 3.39. The molecule has 2 heterocycles. The molecule has 0 unspecified atom stereocenters. The van der Waals surface area contributed by atoms with Crippen molar-refractivity contribution in [1.29, 1.82) is 0 Å². The number of nitrogens with zero attached hydrogens (tertiary/aromatic N) is 4. The molecule has 0 fully saturated rings. The summed E-state index contributed by atoms with van der Waals surface area (Å²) >= 11 is 0. The number of hydrogen-bond donors (Lipinski definition) is 2. The van der Waals surface area contributed by atoms with Crippen LogP contribution >= 0.6 is 0 Å². The van der Waals surface area contributed by atoms with E-state index in [1.807, 2.05) is 19.9 Å². The lowest BCUT2D eigenvalue weighted by atomic mass is 10.1. The number of benzene rings is 1. The number of amides is 1. The fourth-order valence-electron chi connectivity index (χ4n) is 2.35. The van der Waals surface area contributed by atoms with Crippen LogP contribution in [0, 0.1) is 0 Å². The number of anilines is 1. The summed E-state index contributed by atoms with van der Waals surface area (Å²) in [5.41, 5.74) is 0.390. The fraction of sp³-hybridized carbons (Fsp3) is 0.267. The standard InChI is InChI=1S/C15H16N6O2/c1-9(2)21-14(23)11-6-4-3-5-10(11)12(20-21)7-13(22)18-15-16-8-17-19-15/h3-6,8-9H,7H2,1-2H3,(H2,16,17,18,19,22). The average Bonchev–Trinajstić information content (AvgIpc) is 3.02. The van der Waals surface area contributed by atoms with Gasteiger partial charge in [0.1, 0.15) is 6.33 Å². The van der Waals surface area contributed by atoms with Gasteiger partial charge in [0.2, 0.25) is 11.9 Å². The van der Waals surface area contributed by atoms with Crippen LogP contribution in [0.15, 0.2) is 35.4 Å². The summed E-state index contributed by atoms with van der Waals surface area (Å²) in [6, 6.07) is 7.07. The quantitative estimate of drug-likeness (QED) is 0.755. The minimum Gasteiger partial charge on any atom is -0.295 e. The number of nitrogens with one attached hydrogen (secondary N) is 2. The highest BCUT2D eigenvalue weighted by Crippen LogP contribution is 2.15. The van der Waals surface area contributed by atoms with Crippen molar-refractivity contribution in [3.05, 3.63) is 46.6 Å². The highest BCUT2D eigenvalue weighted by Gasteiger charge is 2.15. The van der Waals surface area contributed by atoms with Crippen molar-refractivity contribution in [1.82, 2.24) is 25.0 Å². The number of aromatic nitrogens is 5. The Balaban J connectivity index is 2.01. The number of fused-ring (bicyclic) bond motifs is 1. The number of rotatable bonds is 4. The summed E-state index contributed by atoms with van der Waals surface area (Å²) in [7, 11) is 0. The molecule has 0 bridgehead atoms. The number of H-pyrrole nitrogens is 1. The predicted molar refractivity (Wildman–Crippen MR) is 85.1 cm³/mol. The molecule has 0 spiro atoms. The number of carbonyl (C=O) groups is 1. The van der Waals surface area contributed by atoms with E-state index in [2.05, 4.69) is 25.6 Å². The number of hydrogen-bond acceptors (Lipinski definition) is 5. The van der Waals surface area contributed by atoms with Crippen molar-refractivity contribution >= 4 is 22.6 Å². The molecule has 0 saturated carbocycles. The third kappa shape index (κ3) is 2.96. The maximum absolute atomic E-state index is 12.4. The zero-order valence-electron chi connectivity index (χ0n) is 12.8. The minimum absolute atomic E-state index is 0.0359. The van der Waals surface area contributed by atoms with Crippen LogP contribution < -0.4 is 10.9 Å². The van der Waals surface area contributed by atoms with E-state index in [0.717, 1.165) is 0 Å². The van der Waals surface area contributed by atoms with Crippen LogP contribution in [0.3, 0.4) is 0 Å². The molecule has 0 radical (unpaired) electrons. The van der Waals surface area contributed by atoms with Gasteiger partial charge in [0.25, 0.3) is 5.56 Å². The van der Waals surface area contributed by atoms with Crippen LogP contribution in [0.1, 0.15) is 25.6 Å². The predicted octanol–water partition coefficient (Wildman–Crippen LogP) is 1.28. The van der Waals surface area contributed by atoms with Crippen LogP contribution in [0.25, 0.3) is 10.8 Å². The van der Waals surface area contributed by atoms with E-state index in [1.54, 1.807) is 18.2 Å². The van der Waals surface area contributed by atoms with Crippen LogP contribution in [0.5, 0.6) is 0 Å². The van der Waals surface area contributed by atoms with Gasteiger partial charge in [-0.05, 0) is 19.9 Å². The molecule has 8 nitrogen and oxygen atoms in total. The summed E-state index contributed by atoms with van der Waals surface area (Å²) in [6.07, 6.45) is 1.34. The molecule has 2 N–H and O–H groups in total. The van der Waals surface area contributed by atoms with Crippen molar-refractivity contribution < 1.29 is 4.79 Å². The van der Waals surface area contributed by atoms with Crippen LogP contribution in [0.2, 0.25) is 0 Å². The molecule has 0 atom stereocenters. The molecule has 0 aliphatic rings. The number of carbonyl (C=O) groups excluding carboxylic acids is 1. The zero-order valence-corrected chi connectivity index (χ0v) is 12.8. The zero-order chi connectivity index (χ0) is 16.4. The molecule has 118 valence electrons. The molecular weight excluding hydrogens is 296 g/mol. The Morgan fingerprint density at radius 1 is 1.30 bits per heavy atom. The maximum Gasteiger partial charge on any atom is 0.274 e. The normalized spacial score (nSPS) is 11.1. The second kappa shape index (κ2) is 5.99. The molecule has 1 aromatic carbocycles. The molecule has 2 aromatic heterocycles. The molecule has 3 rings (SSSR count). The van der Waals surface area contributed by atoms with Gasteiger partial charge in [-0.1, -0.05) is 18.2 Å². The Morgan fingerprint density at radius 2 is 2.04 bits per heavy atom. The van der Waals surface area contributed by atoms with Gasteiger partial charge >= 0.3 is 0 Å². The van der Waals surface area contributed by atoms with Crippen LogP contribution in [-0.4, -0.2) is 30.9 Å². The topological polar surface area (TPSA) is 106 Å². The maximum atomic E-state index is 12.4. The van der Waals surface area contributed by atoms with Gasteiger partial charge in [0.05, 0.1) is 23.5 Å². The van der Waals surface area contributed by atoms with Gasteiger partial charge in [0, 0.05) is 5.39 Å². The van der Waals surface area contributed by atoms with Crippen molar-refractivity contribution in [2.45, 2.75) is 26.3 Å². The van der Waals surface area contributed by atoms with E-state index >= 15 is 0 Å². The van der Waals surface area contributed by atoms with E-state index in [0.29, 0.717) is 16.5 Å². The van der Waals surface area contributed by atoms with Crippen molar-refractivity contribution in [3.8, 4) is 0 Å². The monoisotopic (exact) mass is 312 g/mol. The Labute approximate surface area is 131 Å². The SMILES string of the molecule is CC(C)n1nc(CC(=O)Nc2ncn[nH]2)c2ccccc2c1=O. The molecule has 0 saturated heterocycles. The van der Waals surface area contributed by atoms with E-state index in [4.69, 9.17) is 0 Å². The van der Waals surface area contributed by atoms with Gasteiger partial charge in [-0.3, -0.25) is 14.9 Å². The molecule has 23 heavy (non-hydrogen) atoms. The van der Waals surface area contributed by atoms with Gasteiger partial charge in [-0.15, -0.1) is 0 Å².